The van der Waals surface area contributed by atoms with Gasteiger partial charge < -0.3 is 14.8 Å². The molecule has 0 unspecified atom stereocenters. The molecule has 0 saturated heterocycles. The lowest BCUT2D eigenvalue weighted by Gasteiger charge is -2.22. The lowest BCUT2D eigenvalue weighted by Crippen LogP contribution is -2.49. The van der Waals surface area contributed by atoms with E-state index in [9.17, 15) is 9.59 Å². The van der Waals surface area contributed by atoms with Gasteiger partial charge in [-0.05, 0) is 105 Å². The number of nitrogens with zero attached hydrogens (tertiary/aromatic N) is 1. The zero-order valence-electron chi connectivity index (χ0n) is 24.3. The molecule has 3 aromatic rings. The van der Waals surface area contributed by atoms with E-state index in [0.717, 1.165) is 11.3 Å². The summed E-state index contributed by atoms with van der Waals surface area (Å²) in [6, 6.07) is 15.7. The molecule has 0 spiro atoms. The van der Waals surface area contributed by atoms with Gasteiger partial charge in [-0.1, -0.05) is 54.7 Å². The van der Waals surface area contributed by atoms with Crippen molar-refractivity contribution >= 4 is 41.2 Å². The van der Waals surface area contributed by atoms with Gasteiger partial charge in [0, 0.05) is 5.02 Å². The molecule has 0 radical (unpaired) electrons. The highest BCUT2D eigenvalue weighted by Gasteiger charge is 2.25. The molecule has 9 heteroatoms. The van der Waals surface area contributed by atoms with Gasteiger partial charge in [0.2, 0.25) is 0 Å². The summed E-state index contributed by atoms with van der Waals surface area (Å²) in [4.78, 5) is 25.7. The van der Waals surface area contributed by atoms with Crippen molar-refractivity contribution in [2.45, 2.75) is 66.7 Å². The molecular weight excluding hydrogens is 561 g/mol. The summed E-state index contributed by atoms with van der Waals surface area (Å²) < 4.78 is 11.7. The minimum absolute atomic E-state index is 0.150. The summed E-state index contributed by atoms with van der Waals surface area (Å²) >= 11 is 12.1. The second-order valence-electron chi connectivity index (χ2n) is 10.5. The van der Waals surface area contributed by atoms with Crippen LogP contribution in [0.1, 0.15) is 55.0 Å². The summed E-state index contributed by atoms with van der Waals surface area (Å²) in [5, 5.41) is 7.59. The largest absolute Gasteiger partial charge is 0.489 e. The van der Waals surface area contributed by atoms with Crippen LogP contribution in [0.4, 0.5) is 0 Å². The van der Waals surface area contributed by atoms with Crippen LogP contribution in [-0.4, -0.2) is 30.2 Å². The van der Waals surface area contributed by atoms with E-state index in [1.807, 2.05) is 38.1 Å². The Bertz CT molecular complexity index is 1370. The fourth-order valence-corrected chi connectivity index (χ4v) is 4.75. The molecule has 3 aromatic carbocycles. The van der Waals surface area contributed by atoms with Crippen molar-refractivity contribution in [1.29, 1.82) is 0 Å². The lowest BCUT2D eigenvalue weighted by molar-refractivity contribution is -0.132. The number of aryl methyl sites for hydroxylation is 3. The molecule has 2 N–H and O–H groups in total. The van der Waals surface area contributed by atoms with Gasteiger partial charge in [-0.3, -0.25) is 9.59 Å². The highest BCUT2D eigenvalue weighted by molar-refractivity contribution is 6.35. The molecule has 2 atom stereocenters. The molecule has 0 heterocycles. The Balaban J connectivity index is 1.55. The van der Waals surface area contributed by atoms with E-state index < -0.39 is 24.0 Å². The Kier molecular flexibility index (Phi) is 11.6. The van der Waals surface area contributed by atoms with Gasteiger partial charge in [0.05, 0.1) is 11.2 Å². The zero-order chi connectivity index (χ0) is 30.1. The van der Waals surface area contributed by atoms with Crippen LogP contribution >= 0.6 is 23.2 Å². The van der Waals surface area contributed by atoms with Gasteiger partial charge in [0.15, 0.2) is 6.10 Å². The minimum atomic E-state index is -0.890. The Labute approximate surface area is 252 Å². The number of benzene rings is 3. The third-order valence-corrected chi connectivity index (χ3v) is 6.93. The topological polar surface area (TPSA) is 89.0 Å². The van der Waals surface area contributed by atoms with Crippen molar-refractivity contribution in [2.75, 3.05) is 0 Å². The molecule has 0 aromatic heterocycles. The van der Waals surface area contributed by atoms with Crippen LogP contribution < -0.4 is 20.2 Å². The normalized spacial score (nSPS) is 12.7. The van der Waals surface area contributed by atoms with E-state index in [1.165, 1.54) is 28.3 Å². The summed E-state index contributed by atoms with van der Waals surface area (Å²) in [6.45, 7) is 12.3. The van der Waals surface area contributed by atoms with Gasteiger partial charge >= 0.3 is 0 Å². The molecule has 0 fully saturated rings. The number of rotatable bonds is 12. The molecule has 41 heavy (non-hydrogen) atoms. The van der Waals surface area contributed by atoms with Gasteiger partial charge in [-0.2, -0.15) is 5.10 Å². The molecule has 0 bridgehead atoms. The first-order valence-electron chi connectivity index (χ1n) is 13.5. The summed E-state index contributed by atoms with van der Waals surface area (Å²) in [6.07, 6.45) is 1.07. The van der Waals surface area contributed by atoms with E-state index >= 15 is 0 Å². The van der Waals surface area contributed by atoms with Crippen molar-refractivity contribution < 1.29 is 19.1 Å². The Morgan fingerprint density at radius 3 is 2.20 bits per heavy atom. The number of ether oxygens (including phenoxy) is 2. The minimum Gasteiger partial charge on any atom is -0.489 e. The van der Waals surface area contributed by atoms with Gasteiger partial charge in [0.25, 0.3) is 11.8 Å². The maximum absolute atomic E-state index is 12.9. The van der Waals surface area contributed by atoms with E-state index in [4.69, 9.17) is 32.7 Å². The first-order chi connectivity index (χ1) is 19.4. The number of carbonyl (C=O) groups is 2. The maximum Gasteiger partial charge on any atom is 0.262 e. The van der Waals surface area contributed by atoms with Crippen molar-refractivity contribution in [3.8, 4) is 11.5 Å². The number of hydrazone groups is 1. The number of nitrogens with one attached hydrogen (secondary N) is 2. The average molecular weight is 599 g/mol. The van der Waals surface area contributed by atoms with Gasteiger partial charge in [0.1, 0.15) is 24.1 Å². The third-order valence-electron chi connectivity index (χ3n) is 6.40. The number of hydrogen-bond donors (Lipinski definition) is 2. The van der Waals surface area contributed by atoms with E-state index in [-0.39, 0.29) is 5.92 Å². The number of carbonyl (C=O) groups excluding carboxylic acids is 2. The molecule has 0 aliphatic heterocycles. The maximum atomic E-state index is 12.9. The molecular formula is C32H37Cl2N3O4. The predicted molar refractivity (Wildman–Crippen MR) is 165 cm³/mol. The first kappa shape index (κ1) is 32.0. The second kappa shape index (κ2) is 14.9. The highest BCUT2D eigenvalue weighted by Crippen LogP contribution is 2.28. The van der Waals surface area contributed by atoms with Crippen LogP contribution in [0.3, 0.4) is 0 Å². The Morgan fingerprint density at radius 1 is 0.927 bits per heavy atom. The monoisotopic (exact) mass is 597 g/mol. The Morgan fingerprint density at radius 2 is 1.59 bits per heavy atom. The molecule has 0 saturated carbocycles. The molecule has 0 aliphatic carbocycles. The fraction of sp³-hybridized carbons (Fsp3) is 0.344. The standard InChI is InChI=1S/C32H37Cl2N3O4/c1-19(2)13-29(36-31(38)23(6)41-30-12-9-25(33)16-28(30)34)32(39)37-35-17-24-7-10-26(11-8-24)40-18-27-21(4)14-20(3)15-22(27)5/h7-12,14-17,19,23,29H,13,18H2,1-6H3,(H,36,38)(H,37,39)/b35-17-/t23-,29-/m0/s1. The van der Waals surface area contributed by atoms with Crippen molar-refractivity contribution in [3.05, 3.63) is 92.5 Å². The fourth-order valence-electron chi connectivity index (χ4n) is 4.30. The third kappa shape index (κ3) is 9.80. The quantitative estimate of drug-likeness (QED) is 0.175. The van der Waals surface area contributed by atoms with Crippen molar-refractivity contribution in [2.24, 2.45) is 11.0 Å². The SMILES string of the molecule is Cc1cc(C)c(COc2ccc(/C=N\NC(=O)[C@H](CC(C)C)NC(=O)[C@H](C)Oc3ccc(Cl)cc3Cl)cc2)c(C)c1. The smallest absolute Gasteiger partial charge is 0.262 e. The summed E-state index contributed by atoms with van der Waals surface area (Å²) in [5.41, 5.74) is 8.15. The van der Waals surface area contributed by atoms with Crippen molar-refractivity contribution in [3.63, 3.8) is 0 Å². The second-order valence-corrected chi connectivity index (χ2v) is 11.3. The van der Waals surface area contributed by atoms with E-state index in [2.05, 4.69) is 48.7 Å². The first-order valence-corrected chi connectivity index (χ1v) is 14.2. The molecule has 7 nitrogen and oxygen atoms in total. The van der Waals surface area contributed by atoms with Crippen LogP contribution in [0.5, 0.6) is 11.5 Å². The molecule has 2 amide bonds. The van der Waals surface area contributed by atoms with Crippen molar-refractivity contribution in [1.82, 2.24) is 10.7 Å². The number of hydrogen-bond acceptors (Lipinski definition) is 5. The number of amides is 2. The van der Waals surface area contributed by atoms with Gasteiger partial charge in [-0.15, -0.1) is 0 Å². The molecule has 0 aliphatic rings. The van der Waals surface area contributed by atoms with Crippen LogP contribution in [0.25, 0.3) is 0 Å². The summed E-state index contributed by atoms with van der Waals surface area (Å²) in [5.74, 6) is 0.333. The van der Waals surface area contributed by atoms with Crippen LogP contribution in [0.15, 0.2) is 59.7 Å². The number of halogens is 2. The predicted octanol–water partition coefficient (Wildman–Crippen LogP) is 6.95. The van der Waals surface area contributed by atoms with E-state index in [1.54, 1.807) is 25.3 Å². The van der Waals surface area contributed by atoms with E-state index in [0.29, 0.717) is 28.8 Å². The average Bonchev–Trinajstić information content (AvgIpc) is 2.89. The van der Waals surface area contributed by atoms with Gasteiger partial charge in [-0.25, -0.2) is 5.43 Å². The highest BCUT2D eigenvalue weighted by atomic mass is 35.5. The summed E-state index contributed by atoms with van der Waals surface area (Å²) in [7, 11) is 0. The van der Waals surface area contributed by atoms with Crippen LogP contribution in [0.2, 0.25) is 10.0 Å². The zero-order valence-corrected chi connectivity index (χ0v) is 25.8. The Hall–Kier alpha value is -3.55. The lowest BCUT2D eigenvalue weighted by atomic mass is 10.0. The molecule has 3 rings (SSSR count). The molecule has 218 valence electrons. The van der Waals surface area contributed by atoms with Crippen LogP contribution in [0, 0.1) is 26.7 Å². The van der Waals surface area contributed by atoms with Crippen LogP contribution in [-0.2, 0) is 16.2 Å².